The number of hydrogen-bond acceptors (Lipinski definition) is 7. The summed E-state index contributed by atoms with van der Waals surface area (Å²) in [4.78, 5) is 33.1. The van der Waals surface area contributed by atoms with E-state index in [1.807, 2.05) is 0 Å². The minimum absolute atomic E-state index is 0.0173. The van der Waals surface area contributed by atoms with Gasteiger partial charge in [-0.2, -0.15) is 13.2 Å². The van der Waals surface area contributed by atoms with E-state index in [9.17, 15) is 22.8 Å². The minimum Gasteiger partial charge on any atom is -0.452 e. The predicted molar refractivity (Wildman–Crippen MR) is 124 cm³/mol. The number of benzene rings is 1. The fourth-order valence-corrected chi connectivity index (χ4v) is 3.62. The summed E-state index contributed by atoms with van der Waals surface area (Å²) in [6.07, 6.45) is -3.83. The zero-order valence-corrected chi connectivity index (χ0v) is 20.3. The maximum absolute atomic E-state index is 13.6. The summed E-state index contributed by atoms with van der Waals surface area (Å²) in [6.45, 7) is -0.00506. The van der Waals surface area contributed by atoms with E-state index in [1.165, 1.54) is 48.3 Å². The Bertz CT molecular complexity index is 1110. The van der Waals surface area contributed by atoms with Crippen LogP contribution in [-0.4, -0.2) is 70.7 Å². The van der Waals surface area contributed by atoms with E-state index in [1.54, 1.807) is 12.1 Å². The number of pyridine rings is 1. The molecule has 2 heterocycles. The molecule has 0 saturated carbocycles. The Kier molecular flexibility index (Phi) is 8.64. The highest BCUT2D eigenvalue weighted by atomic mass is 35.5. The number of nitrogens with one attached hydrogen (secondary N) is 1. The van der Waals surface area contributed by atoms with Crippen molar-refractivity contribution in [3.8, 4) is 5.75 Å². The third-order valence-electron chi connectivity index (χ3n) is 5.32. The predicted octanol–water partition coefficient (Wildman–Crippen LogP) is 2.62. The highest BCUT2D eigenvalue weighted by Crippen LogP contribution is 2.37. The van der Waals surface area contributed by atoms with Gasteiger partial charge in [0.2, 0.25) is 6.41 Å². The summed E-state index contributed by atoms with van der Waals surface area (Å²) in [5, 5.41) is 12.4. The number of alkyl halides is 3. The average molecular weight is 528 g/mol. The lowest BCUT2D eigenvalue weighted by atomic mass is 10.2. The number of nitrogens with zero attached hydrogens (tertiary/aromatic N) is 4. The number of carbonyl (C=O) groups excluding carboxylic acids is 2. The van der Waals surface area contributed by atoms with E-state index >= 15 is 0 Å². The zero-order chi connectivity index (χ0) is 26.5. The quantitative estimate of drug-likeness (QED) is 0.458. The lowest BCUT2D eigenvalue weighted by molar-refractivity contribution is -0.140. The SMILES string of the molecule is CN(C=O)C1=C(C(=O)N(C)CCCO)N(Cc2ccc(Cl)cn2)C(Oc2ccccc2C(F)(F)F)N1. The molecule has 1 aromatic carbocycles. The fourth-order valence-electron chi connectivity index (χ4n) is 3.51. The maximum atomic E-state index is 13.6. The van der Waals surface area contributed by atoms with Crippen molar-refractivity contribution in [2.24, 2.45) is 0 Å². The Labute approximate surface area is 210 Å². The number of rotatable bonds is 10. The number of aliphatic hydroxyl groups excluding tert-OH is 1. The normalized spacial score (nSPS) is 15.5. The van der Waals surface area contributed by atoms with Crippen molar-refractivity contribution in [2.45, 2.75) is 25.5 Å². The molecule has 36 heavy (non-hydrogen) atoms. The minimum atomic E-state index is -4.68. The van der Waals surface area contributed by atoms with Gasteiger partial charge in [-0.1, -0.05) is 23.7 Å². The molecule has 0 bridgehead atoms. The van der Waals surface area contributed by atoms with Gasteiger partial charge in [0, 0.05) is 33.4 Å². The molecular weight excluding hydrogens is 503 g/mol. The first kappa shape index (κ1) is 27.1. The second-order valence-corrected chi connectivity index (χ2v) is 8.36. The van der Waals surface area contributed by atoms with Crippen LogP contribution in [0.1, 0.15) is 17.7 Å². The van der Waals surface area contributed by atoms with Crippen LogP contribution in [0, 0.1) is 0 Å². The fraction of sp³-hybridized carbons (Fsp3) is 0.348. The molecule has 0 spiro atoms. The van der Waals surface area contributed by atoms with Crippen LogP contribution in [0.4, 0.5) is 13.2 Å². The lowest BCUT2D eigenvalue weighted by Gasteiger charge is -2.30. The Morgan fingerprint density at radius 2 is 2.00 bits per heavy atom. The van der Waals surface area contributed by atoms with Crippen LogP contribution in [0.3, 0.4) is 0 Å². The van der Waals surface area contributed by atoms with Crippen molar-refractivity contribution < 1.29 is 32.6 Å². The van der Waals surface area contributed by atoms with Gasteiger partial charge >= 0.3 is 6.18 Å². The van der Waals surface area contributed by atoms with Gasteiger partial charge in [0.25, 0.3) is 12.3 Å². The average Bonchev–Trinajstić information content (AvgIpc) is 3.20. The van der Waals surface area contributed by atoms with Crippen LogP contribution in [0.25, 0.3) is 0 Å². The molecular formula is C23H25ClF3N5O4. The number of hydrogen-bond donors (Lipinski definition) is 2. The lowest BCUT2D eigenvalue weighted by Crippen LogP contribution is -2.45. The number of amides is 2. The topological polar surface area (TPSA) is 98.2 Å². The first-order valence-electron chi connectivity index (χ1n) is 10.8. The van der Waals surface area contributed by atoms with Crippen molar-refractivity contribution in [2.75, 3.05) is 27.2 Å². The summed E-state index contributed by atoms with van der Waals surface area (Å²) in [7, 11) is 2.90. The van der Waals surface area contributed by atoms with Gasteiger partial charge in [-0.05, 0) is 30.7 Å². The Balaban J connectivity index is 2.06. The molecule has 1 aliphatic rings. The largest absolute Gasteiger partial charge is 0.452 e. The maximum Gasteiger partial charge on any atom is 0.419 e. The van der Waals surface area contributed by atoms with Crippen LogP contribution in [-0.2, 0) is 22.3 Å². The van der Waals surface area contributed by atoms with Crippen LogP contribution >= 0.6 is 11.6 Å². The molecule has 9 nitrogen and oxygen atoms in total. The van der Waals surface area contributed by atoms with Gasteiger partial charge in [-0.15, -0.1) is 0 Å². The Hall–Kier alpha value is -3.51. The second kappa shape index (κ2) is 11.5. The van der Waals surface area contributed by atoms with Crippen molar-refractivity contribution >= 4 is 23.9 Å². The number of ether oxygens (including phenoxy) is 1. The van der Waals surface area contributed by atoms with E-state index in [-0.39, 0.29) is 31.2 Å². The van der Waals surface area contributed by atoms with Crippen molar-refractivity contribution in [1.29, 1.82) is 0 Å². The summed E-state index contributed by atoms with van der Waals surface area (Å²) < 4.78 is 46.6. The molecule has 0 saturated heterocycles. The summed E-state index contributed by atoms with van der Waals surface area (Å²) in [5.41, 5.74) is -0.574. The first-order chi connectivity index (χ1) is 17.1. The monoisotopic (exact) mass is 527 g/mol. The molecule has 1 aliphatic heterocycles. The van der Waals surface area contributed by atoms with Crippen molar-refractivity contribution in [1.82, 2.24) is 25.0 Å². The van der Waals surface area contributed by atoms with Crippen LogP contribution in [0.5, 0.6) is 5.75 Å². The van der Waals surface area contributed by atoms with E-state index < -0.39 is 29.7 Å². The third-order valence-corrected chi connectivity index (χ3v) is 5.54. The first-order valence-corrected chi connectivity index (χ1v) is 11.2. The molecule has 194 valence electrons. The molecule has 0 fully saturated rings. The van der Waals surface area contributed by atoms with Gasteiger partial charge in [0.05, 0.1) is 22.8 Å². The molecule has 13 heteroatoms. The number of halogens is 4. The van der Waals surface area contributed by atoms with Crippen LogP contribution < -0.4 is 10.1 Å². The van der Waals surface area contributed by atoms with Gasteiger partial charge in [0.1, 0.15) is 17.3 Å². The Morgan fingerprint density at radius 3 is 2.61 bits per heavy atom. The number of likely N-dealkylation sites (N-methyl/N-ethyl adjacent to an activating group) is 1. The van der Waals surface area contributed by atoms with Gasteiger partial charge in [-0.25, -0.2) is 0 Å². The zero-order valence-electron chi connectivity index (χ0n) is 19.5. The second-order valence-electron chi connectivity index (χ2n) is 7.92. The third kappa shape index (κ3) is 6.18. The molecule has 1 aromatic heterocycles. The van der Waals surface area contributed by atoms with E-state index in [2.05, 4.69) is 10.3 Å². The van der Waals surface area contributed by atoms with Crippen LogP contribution in [0.15, 0.2) is 54.1 Å². The molecule has 3 rings (SSSR count). The molecule has 1 atom stereocenters. The highest BCUT2D eigenvalue weighted by Gasteiger charge is 2.41. The molecule has 2 aromatic rings. The summed E-state index contributed by atoms with van der Waals surface area (Å²) in [6, 6.07) is 7.87. The number of aromatic nitrogens is 1. The van der Waals surface area contributed by atoms with E-state index in [0.29, 0.717) is 23.5 Å². The summed E-state index contributed by atoms with van der Waals surface area (Å²) in [5.74, 6) is -0.967. The number of para-hydroxylation sites is 1. The van der Waals surface area contributed by atoms with Crippen LogP contribution in [0.2, 0.25) is 5.02 Å². The molecule has 0 radical (unpaired) electrons. The molecule has 1 unspecified atom stereocenters. The molecule has 2 N–H and O–H groups in total. The van der Waals surface area contributed by atoms with Crippen molar-refractivity contribution in [3.05, 3.63) is 70.4 Å². The molecule has 2 amide bonds. The van der Waals surface area contributed by atoms with E-state index in [0.717, 1.165) is 11.0 Å². The van der Waals surface area contributed by atoms with Gasteiger partial charge in [-0.3, -0.25) is 14.6 Å². The van der Waals surface area contributed by atoms with Gasteiger partial charge in [0.15, 0.2) is 0 Å². The Morgan fingerprint density at radius 1 is 1.28 bits per heavy atom. The summed E-state index contributed by atoms with van der Waals surface area (Å²) >= 11 is 5.92. The number of aliphatic hydroxyl groups is 1. The van der Waals surface area contributed by atoms with Gasteiger partial charge < -0.3 is 29.9 Å². The standard InChI is InChI=1S/C23H25ClF3N5O4/c1-30(10-5-11-33)21(35)19-20(31(2)14-34)29-22(32(19)13-16-9-8-15(24)12-28-16)36-18-7-4-3-6-17(18)23(25,26)27/h3-4,6-9,12,14,22,29,33H,5,10-11,13H2,1-2H3. The van der Waals surface area contributed by atoms with E-state index in [4.69, 9.17) is 21.4 Å². The number of carbonyl (C=O) groups is 2. The highest BCUT2D eigenvalue weighted by molar-refractivity contribution is 6.30. The molecule has 0 aliphatic carbocycles. The van der Waals surface area contributed by atoms with Crippen molar-refractivity contribution in [3.63, 3.8) is 0 Å². The smallest absolute Gasteiger partial charge is 0.419 e.